The van der Waals surface area contributed by atoms with Gasteiger partial charge >= 0.3 is 12.0 Å². The Bertz CT molecular complexity index is 340. The highest BCUT2D eigenvalue weighted by molar-refractivity contribution is 5.74. The number of hydrogen-bond acceptors (Lipinski definition) is 3. The van der Waals surface area contributed by atoms with Crippen molar-refractivity contribution in [2.75, 3.05) is 26.7 Å². The summed E-state index contributed by atoms with van der Waals surface area (Å²) in [5.41, 5.74) is -0.239. The summed E-state index contributed by atoms with van der Waals surface area (Å²) in [5, 5.41) is 11.8. The number of carbonyl (C=O) groups is 2. The molecule has 0 aromatic rings. The quantitative estimate of drug-likeness (QED) is 0.712. The van der Waals surface area contributed by atoms with E-state index in [1.807, 2.05) is 13.8 Å². The fourth-order valence-corrected chi connectivity index (χ4v) is 2.34. The highest BCUT2D eigenvalue weighted by atomic mass is 16.5. The molecule has 116 valence electrons. The number of carboxylic acid groups (broad SMARTS) is 1. The fourth-order valence-electron chi connectivity index (χ4n) is 2.34. The van der Waals surface area contributed by atoms with Gasteiger partial charge in [-0.2, -0.15) is 0 Å². The van der Waals surface area contributed by atoms with Gasteiger partial charge in [-0.1, -0.05) is 6.42 Å². The number of amides is 2. The first-order chi connectivity index (χ1) is 9.34. The van der Waals surface area contributed by atoms with Crippen molar-refractivity contribution in [3.63, 3.8) is 0 Å². The lowest BCUT2D eigenvalue weighted by molar-refractivity contribution is -0.141. The minimum absolute atomic E-state index is 0.132. The topological polar surface area (TPSA) is 78.9 Å². The Labute approximate surface area is 120 Å². The number of urea groups is 1. The Kier molecular flexibility index (Phi) is 6.26. The molecule has 6 heteroatoms. The molecule has 20 heavy (non-hydrogen) atoms. The van der Waals surface area contributed by atoms with E-state index in [0.717, 1.165) is 19.3 Å². The summed E-state index contributed by atoms with van der Waals surface area (Å²) < 4.78 is 5.39. The minimum atomic E-state index is -0.794. The molecule has 0 heterocycles. The van der Waals surface area contributed by atoms with Gasteiger partial charge in [-0.15, -0.1) is 0 Å². The van der Waals surface area contributed by atoms with Gasteiger partial charge in [-0.05, 0) is 32.1 Å². The smallest absolute Gasteiger partial charge is 0.317 e. The van der Waals surface area contributed by atoms with Gasteiger partial charge in [-0.25, -0.2) is 4.79 Å². The Morgan fingerprint density at radius 1 is 1.40 bits per heavy atom. The van der Waals surface area contributed by atoms with E-state index >= 15 is 0 Å². The first-order valence-electron chi connectivity index (χ1n) is 7.17. The van der Waals surface area contributed by atoms with Crippen LogP contribution in [-0.2, 0) is 9.53 Å². The third-order valence-corrected chi connectivity index (χ3v) is 3.78. The summed E-state index contributed by atoms with van der Waals surface area (Å²) >= 11 is 0. The van der Waals surface area contributed by atoms with Gasteiger partial charge in [0.1, 0.15) is 0 Å². The van der Waals surface area contributed by atoms with Gasteiger partial charge in [-0.3, -0.25) is 4.79 Å². The van der Waals surface area contributed by atoms with Crippen molar-refractivity contribution in [1.29, 1.82) is 0 Å². The summed E-state index contributed by atoms with van der Waals surface area (Å²) in [7, 11) is 1.71. The first-order valence-corrected chi connectivity index (χ1v) is 7.17. The maximum Gasteiger partial charge on any atom is 0.317 e. The molecule has 0 radical (unpaired) electrons. The van der Waals surface area contributed by atoms with Crippen LogP contribution in [0.2, 0.25) is 0 Å². The number of aliphatic carboxylic acids is 1. The van der Waals surface area contributed by atoms with Crippen LogP contribution in [0.3, 0.4) is 0 Å². The molecule has 1 aliphatic carbocycles. The van der Waals surface area contributed by atoms with Crippen molar-refractivity contribution in [1.82, 2.24) is 10.2 Å². The number of rotatable bonds is 8. The van der Waals surface area contributed by atoms with E-state index in [1.54, 1.807) is 11.9 Å². The van der Waals surface area contributed by atoms with Gasteiger partial charge < -0.3 is 20.1 Å². The summed E-state index contributed by atoms with van der Waals surface area (Å²) in [6.07, 6.45) is 3.08. The van der Waals surface area contributed by atoms with Crippen molar-refractivity contribution in [2.24, 2.45) is 5.41 Å². The van der Waals surface area contributed by atoms with Gasteiger partial charge in [0, 0.05) is 20.1 Å². The number of nitrogens with zero attached hydrogens (tertiary/aromatic N) is 1. The van der Waals surface area contributed by atoms with Gasteiger partial charge in [0.05, 0.1) is 19.1 Å². The van der Waals surface area contributed by atoms with Crippen LogP contribution in [-0.4, -0.2) is 54.9 Å². The largest absolute Gasteiger partial charge is 0.481 e. The second kappa shape index (κ2) is 7.47. The zero-order valence-corrected chi connectivity index (χ0v) is 12.6. The minimum Gasteiger partial charge on any atom is -0.481 e. The number of likely N-dealkylation sites (N-methyl/N-ethyl adjacent to an activating group) is 1. The van der Waals surface area contributed by atoms with Crippen LogP contribution in [0, 0.1) is 5.41 Å². The lowest BCUT2D eigenvalue weighted by atomic mass is 9.66. The van der Waals surface area contributed by atoms with E-state index in [-0.39, 0.29) is 24.0 Å². The number of carbonyl (C=O) groups excluding carboxylic acids is 1. The van der Waals surface area contributed by atoms with Crippen LogP contribution < -0.4 is 5.32 Å². The molecule has 1 fully saturated rings. The Balaban J connectivity index is 2.29. The third kappa shape index (κ3) is 5.36. The molecule has 2 N–H and O–H groups in total. The van der Waals surface area contributed by atoms with E-state index in [2.05, 4.69) is 5.32 Å². The predicted octanol–water partition coefficient (Wildman–Crippen LogP) is 1.70. The molecule has 1 saturated carbocycles. The summed E-state index contributed by atoms with van der Waals surface area (Å²) in [6.45, 7) is 5.37. The van der Waals surface area contributed by atoms with E-state index in [1.165, 1.54) is 0 Å². The number of ether oxygens (including phenoxy) is 1. The SMILES string of the molecule is CC(C)OCCN(C)C(=O)NCC1(CC(=O)O)CCC1. The van der Waals surface area contributed by atoms with Crippen molar-refractivity contribution in [3.05, 3.63) is 0 Å². The molecule has 2 amide bonds. The van der Waals surface area contributed by atoms with Crippen LogP contribution >= 0.6 is 0 Å². The lowest BCUT2D eigenvalue weighted by Crippen LogP contribution is -2.47. The van der Waals surface area contributed by atoms with Gasteiger partial charge in [0.15, 0.2) is 0 Å². The summed E-state index contributed by atoms with van der Waals surface area (Å²) in [6, 6.07) is -0.172. The van der Waals surface area contributed by atoms with Crippen molar-refractivity contribution >= 4 is 12.0 Å². The molecule has 1 aliphatic rings. The van der Waals surface area contributed by atoms with Crippen molar-refractivity contribution in [2.45, 2.75) is 45.6 Å². The zero-order chi connectivity index (χ0) is 15.2. The van der Waals surface area contributed by atoms with Crippen molar-refractivity contribution in [3.8, 4) is 0 Å². The zero-order valence-electron chi connectivity index (χ0n) is 12.6. The molecule has 0 atom stereocenters. The Morgan fingerprint density at radius 2 is 2.05 bits per heavy atom. The summed E-state index contributed by atoms with van der Waals surface area (Å²) in [5.74, 6) is -0.794. The molecule has 0 aromatic heterocycles. The molecular weight excluding hydrogens is 260 g/mol. The van der Waals surface area contributed by atoms with Crippen LogP contribution in [0.25, 0.3) is 0 Å². The van der Waals surface area contributed by atoms with Crippen LogP contribution in [0.1, 0.15) is 39.5 Å². The Morgan fingerprint density at radius 3 is 2.50 bits per heavy atom. The molecule has 0 bridgehead atoms. The number of carboxylic acids is 1. The fraction of sp³-hybridized carbons (Fsp3) is 0.857. The average Bonchev–Trinajstić information content (AvgIpc) is 2.30. The second-order valence-corrected chi connectivity index (χ2v) is 5.92. The van der Waals surface area contributed by atoms with Crippen LogP contribution in [0.15, 0.2) is 0 Å². The molecule has 1 rings (SSSR count). The van der Waals surface area contributed by atoms with Gasteiger partial charge in [0.25, 0.3) is 0 Å². The molecule has 0 unspecified atom stereocenters. The van der Waals surface area contributed by atoms with E-state index in [0.29, 0.717) is 19.7 Å². The predicted molar refractivity (Wildman–Crippen MR) is 75.7 cm³/mol. The number of nitrogens with one attached hydrogen (secondary N) is 1. The highest BCUT2D eigenvalue weighted by Gasteiger charge is 2.39. The van der Waals surface area contributed by atoms with Crippen molar-refractivity contribution < 1.29 is 19.4 Å². The Hall–Kier alpha value is -1.30. The maximum atomic E-state index is 11.9. The van der Waals surface area contributed by atoms with E-state index in [9.17, 15) is 9.59 Å². The lowest BCUT2D eigenvalue weighted by Gasteiger charge is -2.41. The standard InChI is InChI=1S/C14H26N2O4/c1-11(2)20-8-7-16(3)13(19)15-10-14(5-4-6-14)9-12(17)18/h11H,4-10H2,1-3H3,(H,15,19)(H,17,18). The number of hydrogen-bond donors (Lipinski definition) is 2. The summed E-state index contributed by atoms with van der Waals surface area (Å²) in [4.78, 5) is 24.3. The van der Waals surface area contributed by atoms with E-state index < -0.39 is 5.97 Å². The first kappa shape index (κ1) is 16.8. The van der Waals surface area contributed by atoms with Crippen LogP contribution in [0.4, 0.5) is 4.79 Å². The normalized spacial score (nSPS) is 16.6. The average molecular weight is 286 g/mol. The van der Waals surface area contributed by atoms with Gasteiger partial charge in [0.2, 0.25) is 0 Å². The molecule has 6 nitrogen and oxygen atoms in total. The van der Waals surface area contributed by atoms with E-state index in [4.69, 9.17) is 9.84 Å². The monoisotopic (exact) mass is 286 g/mol. The molecule has 0 saturated heterocycles. The van der Waals surface area contributed by atoms with Crippen LogP contribution in [0.5, 0.6) is 0 Å². The third-order valence-electron chi connectivity index (χ3n) is 3.78. The highest BCUT2D eigenvalue weighted by Crippen LogP contribution is 2.43. The molecular formula is C14H26N2O4. The maximum absolute atomic E-state index is 11.9. The molecule has 0 spiro atoms. The second-order valence-electron chi connectivity index (χ2n) is 5.92. The molecule has 0 aliphatic heterocycles. The molecule has 0 aromatic carbocycles.